The lowest BCUT2D eigenvalue weighted by molar-refractivity contribution is -0.0731. The number of halogens is 1. The van der Waals surface area contributed by atoms with Crippen molar-refractivity contribution in [2.45, 2.75) is 24.7 Å². The molecule has 2 atom stereocenters. The Kier molecular flexibility index (Phi) is 3.43. The average molecular weight is 273 g/mol. The van der Waals surface area contributed by atoms with Crippen molar-refractivity contribution in [3.63, 3.8) is 0 Å². The standard InChI is InChI=1S/C11H13ClN2O4/c1-7(12)11(6-15)4-2-9(18-11)14-5-3-8(16)13-10(14)17/h3,5,9,15H,1-2,4,6H2,(H,13,16,17)/t9-,11+/m1/s1. The van der Waals surface area contributed by atoms with Crippen molar-refractivity contribution in [2.24, 2.45) is 0 Å². The summed E-state index contributed by atoms with van der Waals surface area (Å²) in [6.45, 7) is 3.28. The number of aliphatic hydroxyl groups excluding tert-OH is 1. The normalized spacial score (nSPS) is 27.3. The highest BCUT2D eigenvalue weighted by atomic mass is 35.5. The minimum absolute atomic E-state index is 0.199. The molecule has 0 aromatic carbocycles. The summed E-state index contributed by atoms with van der Waals surface area (Å²) in [7, 11) is 0. The highest BCUT2D eigenvalue weighted by Gasteiger charge is 2.42. The average Bonchev–Trinajstić information content (AvgIpc) is 2.74. The summed E-state index contributed by atoms with van der Waals surface area (Å²) in [6.07, 6.45) is 1.74. The summed E-state index contributed by atoms with van der Waals surface area (Å²) in [6, 6.07) is 1.24. The molecule has 0 radical (unpaired) electrons. The van der Waals surface area contributed by atoms with Crippen molar-refractivity contribution in [1.29, 1.82) is 0 Å². The van der Waals surface area contributed by atoms with Crippen LogP contribution in [0.15, 0.2) is 33.5 Å². The molecule has 0 unspecified atom stereocenters. The molecule has 0 spiro atoms. The van der Waals surface area contributed by atoms with Crippen LogP contribution in [0.1, 0.15) is 19.1 Å². The third-order valence-electron chi connectivity index (χ3n) is 3.07. The van der Waals surface area contributed by atoms with Crippen LogP contribution >= 0.6 is 11.6 Å². The quantitative estimate of drug-likeness (QED) is 0.830. The van der Waals surface area contributed by atoms with Crippen LogP contribution in [0.3, 0.4) is 0 Å². The monoisotopic (exact) mass is 272 g/mol. The van der Waals surface area contributed by atoms with Gasteiger partial charge in [-0.25, -0.2) is 4.79 Å². The summed E-state index contributed by atoms with van der Waals surface area (Å²) in [5.74, 6) is 0. The van der Waals surface area contributed by atoms with Crippen molar-refractivity contribution >= 4 is 11.6 Å². The lowest BCUT2D eigenvalue weighted by Gasteiger charge is -2.26. The van der Waals surface area contributed by atoms with Crippen molar-refractivity contribution in [1.82, 2.24) is 9.55 Å². The van der Waals surface area contributed by atoms with E-state index in [4.69, 9.17) is 16.3 Å². The second-order valence-electron chi connectivity index (χ2n) is 4.19. The zero-order chi connectivity index (χ0) is 13.3. The number of aliphatic hydroxyl groups is 1. The van der Waals surface area contributed by atoms with Gasteiger partial charge < -0.3 is 9.84 Å². The number of nitrogens with one attached hydrogen (secondary N) is 1. The van der Waals surface area contributed by atoms with Crippen LogP contribution in [0, 0.1) is 0 Å². The molecule has 0 aliphatic carbocycles. The molecule has 1 fully saturated rings. The predicted octanol–water partition coefficient (Wildman–Crippen LogP) is 0.329. The van der Waals surface area contributed by atoms with Gasteiger partial charge in [-0.1, -0.05) is 18.2 Å². The first kappa shape index (κ1) is 13.1. The minimum atomic E-state index is -1.03. The fourth-order valence-corrected chi connectivity index (χ4v) is 2.19. The van der Waals surface area contributed by atoms with Gasteiger partial charge in [0.15, 0.2) is 0 Å². The second kappa shape index (κ2) is 4.72. The molecule has 0 bridgehead atoms. The summed E-state index contributed by atoms with van der Waals surface area (Å²) < 4.78 is 6.89. The topological polar surface area (TPSA) is 84.3 Å². The molecule has 1 aromatic heterocycles. The van der Waals surface area contributed by atoms with Crippen LogP contribution < -0.4 is 11.2 Å². The predicted molar refractivity (Wildman–Crippen MR) is 65.5 cm³/mol. The number of aromatic nitrogens is 2. The molecule has 98 valence electrons. The number of aromatic amines is 1. The van der Waals surface area contributed by atoms with Crippen molar-refractivity contribution in [2.75, 3.05) is 6.61 Å². The smallest absolute Gasteiger partial charge is 0.330 e. The summed E-state index contributed by atoms with van der Waals surface area (Å²) in [5, 5.41) is 9.55. The molecule has 0 saturated carbocycles. The number of H-pyrrole nitrogens is 1. The van der Waals surface area contributed by atoms with Crippen LogP contribution in [-0.4, -0.2) is 26.9 Å². The van der Waals surface area contributed by atoms with Gasteiger partial charge in [-0.2, -0.15) is 0 Å². The van der Waals surface area contributed by atoms with E-state index in [9.17, 15) is 14.7 Å². The number of hydrogen-bond donors (Lipinski definition) is 2. The van der Waals surface area contributed by atoms with Gasteiger partial charge >= 0.3 is 5.69 Å². The molecule has 18 heavy (non-hydrogen) atoms. The molecule has 2 rings (SSSR count). The molecule has 2 heterocycles. The summed E-state index contributed by atoms with van der Waals surface area (Å²) in [4.78, 5) is 24.7. The van der Waals surface area contributed by atoms with Crippen molar-refractivity contribution < 1.29 is 9.84 Å². The van der Waals surface area contributed by atoms with E-state index in [2.05, 4.69) is 11.6 Å². The van der Waals surface area contributed by atoms with Crippen LogP contribution in [0.4, 0.5) is 0 Å². The Bertz CT molecular complexity index is 579. The molecule has 0 amide bonds. The SMILES string of the molecule is C=C(Cl)[C@@]1(CO)CC[C@H](n2ccc(=O)[nH]c2=O)O1. The van der Waals surface area contributed by atoms with Crippen molar-refractivity contribution in [3.05, 3.63) is 44.7 Å². The van der Waals surface area contributed by atoms with Crippen LogP contribution in [-0.2, 0) is 4.74 Å². The Labute approximate surface area is 107 Å². The maximum absolute atomic E-state index is 11.6. The minimum Gasteiger partial charge on any atom is -0.393 e. The van der Waals surface area contributed by atoms with E-state index in [1.807, 2.05) is 0 Å². The maximum atomic E-state index is 11.6. The van der Waals surface area contributed by atoms with Crippen LogP contribution in [0.5, 0.6) is 0 Å². The zero-order valence-corrected chi connectivity index (χ0v) is 10.3. The highest BCUT2D eigenvalue weighted by molar-refractivity contribution is 6.30. The Hall–Kier alpha value is -1.37. The van der Waals surface area contributed by atoms with Gasteiger partial charge in [-0.3, -0.25) is 14.3 Å². The number of nitrogens with zero attached hydrogens (tertiary/aromatic N) is 1. The van der Waals surface area contributed by atoms with E-state index in [1.54, 1.807) is 0 Å². The molecular weight excluding hydrogens is 260 g/mol. The van der Waals surface area contributed by atoms with E-state index in [1.165, 1.54) is 16.8 Å². The second-order valence-corrected chi connectivity index (χ2v) is 4.64. The van der Waals surface area contributed by atoms with E-state index < -0.39 is 23.1 Å². The fourth-order valence-electron chi connectivity index (χ4n) is 1.99. The lowest BCUT2D eigenvalue weighted by Crippen LogP contribution is -2.36. The molecule has 1 aliphatic heterocycles. The van der Waals surface area contributed by atoms with Crippen molar-refractivity contribution in [3.8, 4) is 0 Å². The van der Waals surface area contributed by atoms with E-state index >= 15 is 0 Å². The zero-order valence-electron chi connectivity index (χ0n) is 9.56. The number of ether oxygens (including phenoxy) is 1. The molecule has 6 nitrogen and oxygen atoms in total. The van der Waals surface area contributed by atoms with Gasteiger partial charge in [-0.05, 0) is 12.8 Å². The van der Waals surface area contributed by atoms with Gasteiger partial charge in [0.2, 0.25) is 0 Å². The molecule has 2 N–H and O–H groups in total. The van der Waals surface area contributed by atoms with E-state index in [-0.39, 0.29) is 11.6 Å². The van der Waals surface area contributed by atoms with Gasteiger partial charge in [0, 0.05) is 17.3 Å². The van der Waals surface area contributed by atoms with Gasteiger partial charge in [0.25, 0.3) is 5.56 Å². The lowest BCUT2D eigenvalue weighted by atomic mass is 10.0. The Morgan fingerprint density at radius 3 is 2.94 bits per heavy atom. The molecule has 7 heteroatoms. The highest BCUT2D eigenvalue weighted by Crippen LogP contribution is 2.40. The fraction of sp³-hybridized carbons (Fsp3) is 0.455. The van der Waals surface area contributed by atoms with Gasteiger partial charge in [-0.15, -0.1) is 0 Å². The number of hydrogen-bond acceptors (Lipinski definition) is 4. The van der Waals surface area contributed by atoms with Crippen LogP contribution in [0.2, 0.25) is 0 Å². The Morgan fingerprint density at radius 2 is 2.44 bits per heavy atom. The largest absolute Gasteiger partial charge is 0.393 e. The molecular formula is C11H13ClN2O4. The van der Waals surface area contributed by atoms with Crippen LogP contribution in [0.25, 0.3) is 0 Å². The maximum Gasteiger partial charge on any atom is 0.330 e. The van der Waals surface area contributed by atoms with Gasteiger partial charge in [0.1, 0.15) is 11.8 Å². The van der Waals surface area contributed by atoms with Gasteiger partial charge in [0.05, 0.1) is 6.61 Å². The third kappa shape index (κ3) is 2.14. The van der Waals surface area contributed by atoms with E-state index in [0.29, 0.717) is 12.8 Å². The molecule has 1 aromatic rings. The van der Waals surface area contributed by atoms with E-state index in [0.717, 1.165) is 0 Å². The summed E-state index contributed by atoms with van der Waals surface area (Å²) >= 11 is 5.83. The molecule has 1 aliphatic rings. The first-order chi connectivity index (χ1) is 8.48. The first-order valence-electron chi connectivity index (χ1n) is 5.43. The molecule has 1 saturated heterocycles. The third-order valence-corrected chi connectivity index (χ3v) is 3.41. The number of rotatable bonds is 3. The summed E-state index contributed by atoms with van der Waals surface area (Å²) in [5.41, 5.74) is -2.05. The Morgan fingerprint density at radius 1 is 1.72 bits per heavy atom. The first-order valence-corrected chi connectivity index (χ1v) is 5.81. The Balaban J connectivity index is 2.31.